The molecule has 0 aliphatic carbocycles. The van der Waals surface area contributed by atoms with Gasteiger partial charge in [-0.2, -0.15) is 0 Å². The molecule has 4 heteroatoms. The fourth-order valence-corrected chi connectivity index (χ4v) is 2.82. The van der Waals surface area contributed by atoms with Crippen molar-refractivity contribution in [2.45, 2.75) is 25.4 Å². The number of hydrogen-bond donors (Lipinski definition) is 1. The molecule has 0 saturated carbocycles. The SMILES string of the molecule is CNCc1c(F)cccc1N1CCC(N(C)C)CC1. The lowest BCUT2D eigenvalue weighted by Gasteiger charge is -2.37. The van der Waals surface area contributed by atoms with E-state index in [9.17, 15) is 4.39 Å². The monoisotopic (exact) mass is 265 g/mol. The van der Waals surface area contributed by atoms with Crippen LogP contribution in [0.2, 0.25) is 0 Å². The first-order valence-corrected chi connectivity index (χ1v) is 6.97. The molecule has 0 spiro atoms. The molecule has 0 unspecified atom stereocenters. The number of benzene rings is 1. The van der Waals surface area contributed by atoms with E-state index in [1.807, 2.05) is 19.2 Å². The van der Waals surface area contributed by atoms with Crippen LogP contribution in [-0.2, 0) is 6.54 Å². The molecule has 3 nitrogen and oxygen atoms in total. The molecule has 2 rings (SSSR count). The highest BCUT2D eigenvalue weighted by atomic mass is 19.1. The van der Waals surface area contributed by atoms with E-state index in [0.717, 1.165) is 37.2 Å². The van der Waals surface area contributed by atoms with Crippen LogP contribution < -0.4 is 10.2 Å². The maximum atomic E-state index is 13.9. The molecule has 1 saturated heterocycles. The van der Waals surface area contributed by atoms with Gasteiger partial charge < -0.3 is 15.1 Å². The van der Waals surface area contributed by atoms with Crippen molar-refractivity contribution < 1.29 is 4.39 Å². The number of anilines is 1. The highest BCUT2D eigenvalue weighted by Crippen LogP contribution is 2.27. The van der Waals surface area contributed by atoms with Gasteiger partial charge in [-0.3, -0.25) is 0 Å². The van der Waals surface area contributed by atoms with Gasteiger partial charge in [0.15, 0.2) is 0 Å². The molecule has 106 valence electrons. The molecule has 1 aromatic carbocycles. The van der Waals surface area contributed by atoms with E-state index in [4.69, 9.17) is 0 Å². The molecule has 1 heterocycles. The smallest absolute Gasteiger partial charge is 0.129 e. The third-order valence-electron chi connectivity index (χ3n) is 3.98. The number of piperidine rings is 1. The van der Waals surface area contributed by atoms with E-state index in [0.29, 0.717) is 12.6 Å². The van der Waals surface area contributed by atoms with E-state index < -0.39 is 0 Å². The van der Waals surface area contributed by atoms with Crippen LogP contribution in [-0.4, -0.2) is 45.2 Å². The van der Waals surface area contributed by atoms with Crippen LogP contribution in [0, 0.1) is 5.82 Å². The minimum atomic E-state index is -0.110. The molecule has 0 bridgehead atoms. The maximum Gasteiger partial charge on any atom is 0.129 e. The summed E-state index contributed by atoms with van der Waals surface area (Å²) >= 11 is 0. The van der Waals surface area contributed by atoms with E-state index in [1.54, 1.807) is 6.07 Å². The lowest BCUT2D eigenvalue weighted by Crippen LogP contribution is -2.42. The van der Waals surface area contributed by atoms with Gasteiger partial charge in [-0.05, 0) is 46.1 Å². The maximum absolute atomic E-state index is 13.9. The van der Waals surface area contributed by atoms with Gasteiger partial charge in [0.05, 0.1) is 0 Å². The van der Waals surface area contributed by atoms with Crippen LogP contribution in [0.3, 0.4) is 0 Å². The summed E-state index contributed by atoms with van der Waals surface area (Å²) in [7, 11) is 6.12. The Morgan fingerprint density at radius 2 is 2.00 bits per heavy atom. The van der Waals surface area contributed by atoms with Crippen molar-refractivity contribution in [3.63, 3.8) is 0 Å². The van der Waals surface area contributed by atoms with Crippen molar-refractivity contribution in [3.05, 3.63) is 29.6 Å². The fourth-order valence-electron chi connectivity index (χ4n) is 2.82. The number of nitrogens with one attached hydrogen (secondary N) is 1. The Hall–Kier alpha value is -1.13. The third kappa shape index (κ3) is 3.25. The van der Waals surface area contributed by atoms with Crippen LogP contribution >= 0.6 is 0 Å². The van der Waals surface area contributed by atoms with E-state index in [-0.39, 0.29) is 5.82 Å². The Balaban J connectivity index is 2.13. The largest absolute Gasteiger partial charge is 0.371 e. The minimum absolute atomic E-state index is 0.110. The Kier molecular flexibility index (Phi) is 4.77. The van der Waals surface area contributed by atoms with E-state index in [1.165, 1.54) is 0 Å². The zero-order valence-electron chi connectivity index (χ0n) is 12.1. The van der Waals surface area contributed by atoms with Gasteiger partial charge >= 0.3 is 0 Å². The third-order valence-corrected chi connectivity index (χ3v) is 3.98. The normalized spacial score (nSPS) is 17.2. The molecule has 1 N–H and O–H groups in total. The molecule has 1 fully saturated rings. The lowest BCUT2D eigenvalue weighted by atomic mass is 10.0. The predicted molar refractivity (Wildman–Crippen MR) is 78.1 cm³/mol. The van der Waals surface area contributed by atoms with Gasteiger partial charge in [-0.15, -0.1) is 0 Å². The standard InChI is InChI=1S/C15H24FN3/c1-17-11-13-14(16)5-4-6-15(13)19-9-7-12(8-10-19)18(2)3/h4-6,12,17H,7-11H2,1-3H3. The Morgan fingerprint density at radius 1 is 1.32 bits per heavy atom. The highest BCUT2D eigenvalue weighted by Gasteiger charge is 2.22. The molecule has 1 aliphatic heterocycles. The van der Waals surface area contributed by atoms with Crippen molar-refractivity contribution in [2.75, 3.05) is 39.1 Å². The summed E-state index contributed by atoms with van der Waals surface area (Å²) in [4.78, 5) is 4.60. The summed E-state index contributed by atoms with van der Waals surface area (Å²) < 4.78 is 13.9. The van der Waals surface area contributed by atoms with Crippen LogP contribution in [0.25, 0.3) is 0 Å². The lowest BCUT2D eigenvalue weighted by molar-refractivity contribution is 0.249. The first-order valence-electron chi connectivity index (χ1n) is 6.97. The molecule has 19 heavy (non-hydrogen) atoms. The van der Waals surface area contributed by atoms with Gasteiger partial charge in [-0.1, -0.05) is 6.07 Å². The summed E-state index contributed by atoms with van der Waals surface area (Å²) in [6.07, 6.45) is 2.28. The molecule has 0 atom stereocenters. The topological polar surface area (TPSA) is 18.5 Å². The number of halogens is 1. The van der Waals surface area contributed by atoms with E-state index >= 15 is 0 Å². The average Bonchev–Trinajstić information content (AvgIpc) is 2.41. The summed E-state index contributed by atoms with van der Waals surface area (Å²) in [6, 6.07) is 6.04. The van der Waals surface area contributed by atoms with Crippen molar-refractivity contribution in [3.8, 4) is 0 Å². The highest BCUT2D eigenvalue weighted by molar-refractivity contribution is 5.54. The first kappa shape index (κ1) is 14.3. The molecule has 0 radical (unpaired) electrons. The van der Waals surface area contributed by atoms with Gasteiger partial charge in [0.1, 0.15) is 5.82 Å². The van der Waals surface area contributed by atoms with Crippen LogP contribution in [0.1, 0.15) is 18.4 Å². The zero-order chi connectivity index (χ0) is 13.8. The summed E-state index contributed by atoms with van der Waals surface area (Å²) in [5, 5.41) is 3.06. The second kappa shape index (κ2) is 6.35. The number of hydrogen-bond acceptors (Lipinski definition) is 3. The molecular weight excluding hydrogens is 241 g/mol. The second-order valence-electron chi connectivity index (χ2n) is 5.45. The molecule has 1 aliphatic rings. The van der Waals surface area contributed by atoms with Crippen molar-refractivity contribution in [2.24, 2.45) is 0 Å². The minimum Gasteiger partial charge on any atom is -0.371 e. The van der Waals surface area contributed by atoms with Crippen molar-refractivity contribution in [1.82, 2.24) is 10.2 Å². The number of nitrogens with zero attached hydrogens (tertiary/aromatic N) is 2. The zero-order valence-corrected chi connectivity index (χ0v) is 12.1. The number of rotatable bonds is 4. The van der Waals surface area contributed by atoms with Crippen LogP contribution in [0.5, 0.6) is 0 Å². The van der Waals surface area contributed by atoms with E-state index in [2.05, 4.69) is 29.2 Å². The fraction of sp³-hybridized carbons (Fsp3) is 0.600. The molecular formula is C15H24FN3. The second-order valence-corrected chi connectivity index (χ2v) is 5.45. The molecule has 0 aromatic heterocycles. The van der Waals surface area contributed by atoms with Crippen molar-refractivity contribution >= 4 is 5.69 Å². The van der Waals surface area contributed by atoms with Crippen molar-refractivity contribution in [1.29, 1.82) is 0 Å². The predicted octanol–water partition coefficient (Wildman–Crippen LogP) is 2.08. The Bertz CT molecular complexity index is 412. The Labute approximate surface area is 115 Å². The quantitative estimate of drug-likeness (QED) is 0.899. The first-order chi connectivity index (χ1) is 9.13. The summed E-state index contributed by atoms with van der Waals surface area (Å²) in [5.41, 5.74) is 1.83. The van der Waals surface area contributed by atoms with Crippen LogP contribution in [0.4, 0.5) is 10.1 Å². The van der Waals surface area contributed by atoms with Gasteiger partial charge in [0, 0.05) is 36.9 Å². The van der Waals surface area contributed by atoms with Gasteiger partial charge in [-0.25, -0.2) is 4.39 Å². The summed E-state index contributed by atoms with van der Waals surface area (Å²) in [5.74, 6) is -0.110. The molecule has 0 amide bonds. The van der Waals surface area contributed by atoms with Gasteiger partial charge in [0.25, 0.3) is 0 Å². The molecule has 1 aromatic rings. The Morgan fingerprint density at radius 3 is 2.58 bits per heavy atom. The van der Waals surface area contributed by atoms with Gasteiger partial charge in [0.2, 0.25) is 0 Å². The summed E-state index contributed by atoms with van der Waals surface area (Å²) in [6.45, 7) is 2.58. The van der Waals surface area contributed by atoms with Crippen LogP contribution in [0.15, 0.2) is 18.2 Å². The average molecular weight is 265 g/mol.